The zero-order chi connectivity index (χ0) is 20.2. The summed E-state index contributed by atoms with van der Waals surface area (Å²) >= 11 is 0. The monoisotopic (exact) mass is 394 g/mol. The fourth-order valence-corrected chi connectivity index (χ4v) is 3.56. The van der Waals surface area contributed by atoms with Gasteiger partial charge in [0.2, 0.25) is 5.95 Å². The van der Waals surface area contributed by atoms with E-state index in [1.54, 1.807) is 6.92 Å². The van der Waals surface area contributed by atoms with E-state index in [1.807, 2.05) is 29.8 Å². The van der Waals surface area contributed by atoms with Crippen LogP contribution in [-0.2, 0) is 13.1 Å². The largest absolute Gasteiger partial charge is 0.353 e. The highest BCUT2D eigenvalue weighted by atomic mass is 16.1. The molecule has 3 heterocycles. The minimum atomic E-state index is -0.0808. The fourth-order valence-electron chi connectivity index (χ4n) is 3.56. The zero-order valence-electron chi connectivity index (χ0n) is 16.8. The number of H-pyrrole nitrogens is 1. The first-order chi connectivity index (χ1) is 14.1. The molecule has 0 spiro atoms. The Morgan fingerprint density at radius 2 is 1.90 bits per heavy atom. The van der Waals surface area contributed by atoms with Gasteiger partial charge in [-0.05, 0) is 42.7 Å². The number of nitrogens with zero attached hydrogens (tertiary/aromatic N) is 6. The number of tetrazole rings is 1. The molecule has 1 saturated heterocycles. The molecule has 1 aliphatic rings. The van der Waals surface area contributed by atoms with E-state index in [4.69, 9.17) is 0 Å². The topological polar surface area (TPSA) is 105 Å². The maximum absolute atomic E-state index is 11.9. The van der Waals surface area contributed by atoms with Crippen LogP contribution in [0.2, 0.25) is 0 Å². The van der Waals surface area contributed by atoms with Gasteiger partial charge in [-0.2, -0.15) is 0 Å². The number of hydrogen-bond acceptors (Lipinski definition) is 7. The maximum atomic E-state index is 11.9. The van der Waals surface area contributed by atoms with Crippen molar-refractivity contribution in [3.63, 3.8) is 0 Å². The Bertz CT molecular complexity index is 1000. The van der Waals surface area contributed by atoms with Crippen molar-refractivity contribution in [1.29, 1.82) is 0 Å². The predicted molar refractivity (Wildman–Crippen MR) is 110 cm³/mol. The average molecular weight is 394 g/mol. The molecule has 4 rings (SSSR count). The summed E-state index contributed by atoms with van der Waals surface area (Å²) in [5, 5.41) is 15.6. The molecular formula is C20H26N8O. The van der Waals surface area contributed by atoms with Gasteiger partial charge in [-0.15, -0.1) is 5.10 Å². The first-order valence-corrected chi connectivity index (χ1v) is 9.94. The summed E-state index contributed by atoms with van der Waals surface area (Å²) in [5.41, 5.74) is 2.53. The van der Waals surface area contributed by atoms with Gasteiger partial charge in [-0.3, -0.25) is 14.7 Å². The smallest absolute Gasteiger partial charge is 0.255 e. The third-order valence-corrected chi connectivity index (χ3v) is 5.47. The number of hydrogen-bond donors (Lipinski definition) is 2. The second-order valence-electron chi connectivity index (χ2n) is 7.56. The molecule has 0 saturated carbocycles. The molecule has 9 heteroatoms. The Labute approximate surface area is 169 Å². The number of nitrogens with one attached hydrogen (secondary N) is 2. The van der Waals surface area contributed by atoms with E-state index >= 15 is 0 Å². The molecule has 0 bridgehead atoms. The average Bonchev–Trinajstić information content (AvgIpc) is 3.15. The van der Waals surface area contributed by atoms with E-state index in [9.17, 15) is 4.79 Å². The van der Waals surface area contributed by atoms with E-state index in [0.717, 1.165) is 44.0 Å². The van der Waals surface area contributed by atoms with Crippen LogP contribution in [0.25, 0.3) is 0 Å². The molecule has 1 aliphatic heterocycles. The minimum Gasteiger partial charge on any atom is -0.353 e. The van der Waals surface area contributed by atoms with Crippen molar-refractivity contribution in [3.05, 3.63) is 63.3 Å². The lowest BCUT2D eigenvalue weighted by atomic mass is 10.1. The molecule has 0 atom stereocenters. The number of piperidine rings is 1. The second kappa shape index (κ2) is 8.52. The van der Waals surface area contributed by atoms with Gasteiger partial charge in [0.05, 0.1) is 13.1 Å². The third kappa shape index (κ3) is 4.68. The van der Waals surface area contributed by atoms with Gasteiger partial charge in [-0.1, -0.05) is 30.3 Å². The van der Waals surface area contributed by atoms with Crippen molar-refractivity contribution < 1.29 is 0 Å². The van der Waals surface area contributed by atoms with Crippen LogP contribution in [0.1, 0.15) is 35.5 Å². The Kier molecular flexibility index (Phi) is 5.66. The van der Waals surface area contributed by atoms with E-state index in [1.165, 1.54) is 5.56 Å². The van der Waals surface area contributed by atoms with Crippen molar-refractivity contribution in [2.75, 3.05) is 18.4 Å². The molecule has 152 valence electrons. The lowest BCUT2D eigenvalue weighted by molar-refractivity contribution is 0.203. The fraction of sp³-hybridized carbons (Fsp3) is 0.450. The molecular weight excluding hydrogens is 368 g/mol. The first-order valence-electron chi connectivity index (χ1n) is 9.94. The van der Waals surface area contributed by atoms with E-state index < -0.39 is 0 Å². The summed E-state index contributed by atoms with van der Waals surface area (Å²) in [6.07, 6.45) is 1.94. The normalized spacial score (nSPS) is 15.5. The number of aryl methyl sites for hydroxylation is 1. The van der Waals surface area contributed by atoms with Crippen LogP contribution in [0.15, 0.2) is 35.1 Å². The highest BCUT2D eigenvalue weighted by Crippen LogP contribution is 2.16. The van der Waals surface area contributed by atoms with Crippen LogP contribution in [-0.4, -0.2) is 54.2 Å². The molecule has 3 aromatic rings. The number of likely N-dealkylation sites (tertiary alicyclic amines) is 1. The summed E-state index contributed by atoms with van der Waals surface area (Å²) in [4.78, 5) is 21.6. The number of benzene rings is 1. The molecule has 0 amide bonds. The van der Waals surface area contributed by atoms with Gasteiger partial charge in [-0.25, -0.2) is 9.67 Å². The number of aromatic nitrogens is 6. The van der Waals surface area contributed by atoms with E-state index in [2.05, 4.69) is 47.8 Å². The van der Waals surface area contributed by atoms with Crippen LogP contribution < -0.4 is 10.9 Å². The van der Waals surface area contributed by atoms with E-state index in [-0.39, 0.29) is 11.6 Å². The van der Waals surface area contributed by atoms with Gasteiger partial charge in [0.25, 0.3) is 5.56 Å². The van der Waals surface area contributed by atoms with Gasteiger partial charge in [0.15, 0.2) is 5.82 Å². The summed E-state index contributed by atoms with van der Waals surface area (Å²) in [5.74, 6) is 1.43. The van der Waals surface area contributed by atoms with Crippen molar-refractivity contribution in [1.82, 2.24) is 35.1 Å². The lowest BCUT2D eigenvalue weighted by Gasteiger charge is -2.32. The highest BCUT2D eigenvalue weighted by molar-refractivity contribution is 5.30. The standard InChI is InChI=1S/C20H26N8O/c1-14-15(2)21-20(23-19(14)29)22-17-8-10-27(11-9-17)13-18-24-25-26-28(18)12-16-6-4-3-5-7-16/h3-7,17H,8-13H2,1-2H3,(H2,21,22,23,29). The van der Waals surface area contributed by atoms with Gasteiger partial charge >= 0.3 is 0 Å². The summed E-state index contributed by atoms with van der Waals surface area (Å²) in [6.45, 7) is 6.92. The van der Waals surface area contributed by atoms with Crippen LogP contribution in [0.5, 0.6) is 0 Å². The minimum absolute atomic E-state index is 0.0808. The SMILES string of the molecule is Cc1nc(NC2CCN(Cc3nnnn3Cc3ccccc3)CC2)[nH]c(=O)c1C. The van der Waals surface area contributed by atoms with Crippen molar-refractivity contribution >= 4 is 5.95 Å². The summed E-state index contributed by atoms with van der Waals surface area (Å²) in [7, 11) is 0. The molecule has 29 heavy (non-hydrogen) atoms. The highest BCUT2D eigenvalue weighted by Gasteiger charge is 2.22. The molecule has 1 fully saturated rings. The number of anilines is 1. The molecule has 1 aromatic carbocycles. The van der Waals surface area contributed by atoms with Crippen LogP contribution in [0, 0.1) is 13.8 Å². The van der Waals surface area contributed by atoms with Gasteiger partial charge in [0.1, 0.15) is 0 Å². The van der Waals surface area contributed by atoms with Crippen molar-refractivity contribution in [3.8, 4) is 0 Å². The summed E-state index contributed by atoms with van der Waals surface area (Å²) in [6, 6.07) is 10.5. The van der Waals surface area contributed by atoms with Crippen molar-refractivity contribution in [2.24, 2.45) is 0 Å². The molecule has 2 N–H and O–H groups in total. The van der Waals surface area contributed by atoms with Crippen LogP contribution in [0.4, 0.5) is 5.95 Å². The second-order valence-corrected chi connectivity index (χ2v) is 7.56. The maximum Gasteiger partial charge on any atom is 0.255 e. The number of rotatable bonds is 6. The predicted octanol–water partition coefficient (Wildman–Crippen LogP) is 1.50. The summed E-state index contributed by atoms with van der Waals surface area (Å²) < 4.78 is 1.86. The third-order valence-electron chi connectivity index (χ3n) is 5.47. The molecule has 0 unspecified atom stereocenters. The first kappa shape index (κ1) is 19.3. The molecule has 9 nitrogen and oxygen atoms in total. The van der Waals surface area contributed by atoms with Crippen molar-refractivity contribution in [2.45, 2.75) is 45.8 Å². The Morgan fingerprint density at radius 3 is 2.62 bits per heavy atom. The van der Waals surface area contributed by atoms with Gasteiger partial charge in [0, 0.05) is 30.4 Å². The molecule has 0 radical (unpaired) electrons. The lowest BCUT2D eigenvalue weighted by Crippen LogP contribution is -2.39. The Balaban J connectivity index is 1.32. The van der Waals surface area contributed by atoms with Crippen LogP contribution >= 0.6 is 0 Å². The van der Waals surface area contributed by atoms with Gasteiger partial charge < -0.3 is 5.32 Å². The Hall–Kier alpha value is -3.07. The quantitative estimate of drug-likeness (QED) is 0.653. The number of aromatic amines is 1. The zero-order valence-corrected chi connectivity index (χ0v) is 16.8. The molecule has 0 aliphatic carbocycles. The van der Waals surface area contributed by atoms with E-state index in [0.29, 0.717) is 18.1 Å². The molecule has 2 aromatic heterocycles. The Morgan fingerprint density at radius 1 is 1.14 bits per heavy atom. The van der Waals surface area contributed by atoms with Crippen LogP contribution in [0.3, 0.4) is 0 Å².